The molecule has 1 atom stereocenters. The highest BCUT2D eigenvalue weighted by atomic mass is 35.5. The molecule has 0 aliphatic carbocycles. The second kappa shape index (κ2) is 7.75. The lowest BCUT2D eigenvalue weighted by Gasteiger charge is -2.22. The van der Waals surface area contributed by atoms with Crippen LogP contribution in [-0.4, -0.2) is 23.9 Å². The van der Waals surface area contributed by atoms with Crippen molar-refractivity contribution in [3.8, 4) is 0 Å². The van der Waals surface area contributed by atoms with Crippen molar-refractivity contribution < 1.29 is 4.42 Å². The van der Waals surface area contributed by atoms with E-state index in [0.717, 1.165) is 12.1 Å². The third-order valence-corrected chi connectivity index (χ3v) is 4.79. The second-order valence-corrected chi connectivity index (χ2v) is 6.57. The fourth-order valence-corrected chi connectivity index (χ4v) is 2.93. The van der Waals surface area contributed by atoms with Crippen LogP contribution < -0.4 is 5.43 Å². The molecule has 0 spiro atoms. The molecule has 0 amide bonds. The third-order valence-electron chi connectivity index (χ3n) is 4.10. The first kappa shape index (κ1) is 19.1. The maximum absolute atomic E-state index is 12.7. The lowest BCUT2D eigenvalue weighted by molar-refractivity contribution is 0.268. The van der Waals surface area contributed by atoms with Gasteiger partial charge in [0.25, 0.3) is 0 Å². The normalized spacial score (nSPS) is 12.5. The summed E-state index contributed by atoms with van der Waals surface area (Å²) in [6.45, 7) is 2.79. The lowest BCUT2D eigenvalue weighted by Crippen LogP contribution is -2.29. The maximum Gasteiger partial charge on any atom is 0.200 e. The van der Waals surface area contributed by atoms with Crippen LogP contribution in [0.15, 0.2) is 45.6 Å². The van der Waals surface area contributed by atoms with Gasteiger partial charge in [0, 0.05) is 29.6 Å². The van der Waals surface area contributed by atoms with Gasteiger partial charge in [-0.1, -0.05) is 17.7 Å². The molecule has 0 radical (unpaired) electrons. The van der Waals surface area contributed by atoms with E-state index in [-0.39, 0.29) is 23.9 Å². The summed E-state index contributed by atoms with van der Waals surface area (Å²) in [5, 5.41) is 1.68. The topological polar surface area (TPSA) is 33.5 Å². The Morgan fingerprint density at radius 1 is 1.12 bits per heavy atom. The zero-order valence-corrected chi connectivity index (χ0v) is 15.7. The zero-order valence-electron chi connectivity index (χ0n) is 13.4. The summed E-state index contributed by atoms with van der Waals surface area (Å²) < 4.78 is 5.82. The minimum atomic E-state index is -0.0344. The number of hydrogen-bond acceptors (Lipinski definition) is 3. The Bertz CT molecular complexity index is 923. The molecule has 3 nitrogen and oxygen atoms in total. The molecule has 0 bridgehead atoms. The summed E-state index contributed by atoms with van der Waals surface area (Å²) in [6, 6.07) is 11.0. The summed E-state index contributed by atoms with van der Waals surface area (Å²) in [5.41, 5.74) is 2.10. The monoisotopic (exact) mass is 385 g/mol. The van der Waals surface area contributed by atoms with Crippen LogP contribution >= 0.6 is 35.6 Å². The first-order valence-electron chi connectivity index (χ1n) is 7.41. The number of alkyl halides is 1. The van der Waals surface area contributed by atoms with Crippen molar-refractivity contribution in [1.29, 1.82) is 0 Å². The van der Waals surface area contributed by atoms with Crippen molar-refractivity contribution in [2.24, 2.45) is 0 Å². The second-order valence-electron chi connectivity index (χ2n) is 5.82. The summed E-state index contributed by atoms with van der Waals surface area (Å²) in [5.74, 6) is 0.567. The van der Waals surface area contributed by atoms with Gasteiger partial charge in [-0.05, 0) is 43.8 Å². The van der Waals surface area contributed by atoms with E-state index in [2.05, 4.69) is 11.8 Å². The molecule has 3 aromatic rings. The molecule has 0 saturated carbocycles. The SMILES string of the molecule is CC(CCl)N(C)Cc1ccc2oc3cc(Cl)ccc3c(=O)c2c1.Cl. The van der Waals surface area contributed by atoms with Gasteiger partial charge in [-0.3, -0.25) is 9.69 Å². The van der Waals surface area contributed by atoms with Crippen LogP contribution in [0.1, 0.15) is 12.5 Å². The fraction of sp³-hybridized carbons (Fsp3) is 0.278. The minimum absolute atomic E-state index is 0. The summed E-state index contributed by atoms with van der Waals surface area (Å²) in [4.78, 5) is 14.8. The van der Waals surface area contributed by atoms with E-state index in [1.54, 1.807) is 18.2 Å². The highest BCUT2D eigenvalue weighted by molar-refractivity contribution is 6.31. The molecule has 0 fully saturated rings. The van der Waals surface area contributed by atoms with Crippen molar-refractivity contribution in [2.45, 2.75) is 19.5 Å². The van der Waals surface area contributed by atoms with Crippen LogP contribution in [0.5, 0.6) is 0 Å². The zero-order chi connectivity index (χ0) is 16.6. The molecule has 0 aliphatic rings. The molecule has 0 N–H and O–H groups in total. The van der Waals surface area contributed by atoms with Crippen LogP contribution in [0.4, 0.5) is 0 Å². The quantitative estimate of drug-likeness (QED) is 0.463. The molecule has 128 valence electrons. The molecule has 1 unspecified atom stereocenters. The van der Waals surface area contributed by atoms with Gasteiger partial charge in [0.1, 0.15) is 11.2 Å². The Labute approximate surface area is 156 Å². The predicted molar refractivity (Wildman–Crippen MR) is 104 cm³/mol. The Kier molecular flexibility index (Phi) is 6.16. The molecular formula is C18H18Cl3NO2. The molecule has 1 aromatic heterocycles. The standard InChI is InChI=1S/C18H17Cl2NO2.ClH/c1-11(9-19)21(2)10-12-3-6-16-15(7-12)18(22)14-5-4-13(20)8-17(14)23-16;/h3-8,11H,9-10H2,1-2H3;1H. The number of hydrogen-bond donors (Lipinski definition) is 0. The van der Waals surface area contributed by atoms with Crippen molar-refractivity contribution in [2.75, 3.05) is 12.9 Å². The van der Waals surface area contributed by atoms with Gasteiger partial charge in [0.2, 0.25) is 5.43 Å². The van der Waals surface area contributed by atoms with Crippen molar-refractivity contribution in [3.63, 3.8) is 0 Å². The van der Waals surface area contributed by atoms with Crippen molar-refractivity contribution in [3.05, 3.63) is 57.2 Å². The minimum Gasteiger partial charge on any atom is -0.456 e. The van der Waals surface area contributed by atoms with Crippen LogP contribution in [0.3, 0.4) is 0 Å². The number of halogens is 3. The van der Waals surface area contributed by atoms with E-state index in [1.807, 2.05) is 25.2 Å². The molecule has 6 heteroatoms. The van der Waals surface area contributed by atoms with E-state index in [0.29, 0.717) is 32.8 Å². The van der Waals surface area contributed by atoms with Gasteiger partial charge < -0.3 is 4.42 Å². The van der Waals surface area contributed by atoms with Crippen LogP contribution in [0.2, 0.25) is 5.02 Å². The summed E-state index contributed by atoms with van der Waals surface area (Å²) >= 11 is 11.9. The smallest absolute Gasteiger partial charge is 0.200 e. The molecule has 0 saturated heterocycles. The van der Waals surface area contributed by atoms with Crippen molar-refractivity contribution in [1.82, 2.24) is 4.90 Å². The highest BCUT2D eigenvalue weighted by Gasteiger charge is 2.12. The average molecular weight is 387 g/mol. The van der Waals surface area contributed by atoms with Gasteiger partial charge in [-0.2, -0.15) is 0 Å². The van der Waals surface area contributed by atoms with Crippen LogP contribution in [0.25, 0.3) is 21.9 Å². The molecular weight excluding hydrogens is 369 g/mol. The Balaban J connectivity index is 0.00000208. The number of benzene rings is 2. The molecule has 3 rings (SSSR count). The van der Waals surface area contributed by atoms with Gasteiger partial charge in [0.15, 0.2) is 0 Å². The fourth-order valence-electron chi connectivity index (χ4n) is 2.54. The number of rotatable bonds is 4. The van der Waals surface area contributed by atoms with Crippen molar-refractivity contribution >= 4 is 57.5 Å². The number of nitrogens with zero attached hydrogens (tertiary/aromatic N) is 1. The lowest BCUT2D eigenvalue weighted by atomic mass is 10.1. The average Bonchev–Trinajstić information content (AvgIpc) is 2.54. The summed E-state index contributed by atoms with van der Waals surface area (Å²) in [7, 11) is 2.02. The molecule has 0 aliphatic heterocycles. The summed E-state index contributed by atoms with van der Waals surface area (Å²) in [6.07, 6.45) is 0. The predicted octanol–water partition coefficient (Wildman–Crippen LogP) is 5.08. The van der Waals surface area contributed by atoms with E-state index >= 15 is 0 Å². The van der Waals surface area contributed by atoms with Gasteiger partial charge in [-0.15, -0.1) is 24.0 Å². The molecule has 24 heavy (non-hydrogen) atoms. The van der Waals surface area contributed by atoms with Gasteiger partial charge >= 0.3 is 0 Å². The molecule has 2 aromatic carbocycles. The number of fused-ring (bicyclic) bond motifs is 2. The first-order valence-corrected chi connectivity index (χ1v) is 8.32. The Morgan fingerprint density at radius 3 is 2.58 bits per heavy atom. The first-order chi connectivity index (χ1) is 11.0. The van der Waals surface area contributed by atoms with Crippen LogP contribution in [0, 0.1) is 0 Å². The highest BCUT2D eigenvalue weighted by Crippen LogP contribution is 2.23. The Hall–Kier alpha value is -1.26. The van der Waals surface area contributed by atoms with E-state index in [9.17, 15) is 4.79 Å². The third kappa shape index (κ3) is 3.70. The van der Waals surface area contributed by atoms with E-state index in [1.165, 1.54) is 0 Å². The largest absolute Gasteiger partial charge is 0.456 e. The maximum atomic E-state index is 12.7. The van der Waals surface area contributed by atoms with Gasteiger partial charge in [0.05, 0.1) is 10.8 Å². The van der Waals surface area contributed by atoms with Gasteiger partial charge in [-0.25, -0.2) is 0 Å². The van der Waals surface area contributed by atoms with E-state index in [4.69, 9.17) is 27.6 Å². The molecule has 1 heterocycles. The van der Waals surface area contributed by atoms with Crippen LogP contribution in [-0.2, 0) is 6.54 Å². The van der Waals surface area contributed by atoms with E-state index < -0.39 is 0 Å². The Morgan fingerprint density at radius 2 is 1.88 bits per heavy atom.